The highest BCUT2D eigenvalue weighted by Crippen LogP contribution is 2.38. The first kappa shape index (κ1) is 10.8. The van der Waals surface area contributed by atoms with Crippen LogP contribution in [0.5, 0.6) is 5.75 Å². The van der Waals surface area contributed by atoms with Crippen LogP contribution in [0.15, 0.2) is 17.5 Å². The third-order valence-electron chi connectivity index (χ3n) is 1.89. The fourth-order valence-electron chi connectivity index (χ4n) is 1.20. The molecule has 1 heterocycles. The van der Waals surface area contributed by atoms with Crippen LogP contribution in [-0.2, 0) is 0 Å². The van der Waals surface area contributed by atoms with Crippen LogP contribution >= 0.6 is 23.1 Å². The minimum atomic E-state index is -0.704. The second-order valence-corrected chi connectivity index (χ2v) is 3.91. The molecule has 0 bridgehead atoms. The lowest BCUT2D eigenvalue weighted by Crippen LogP contribution is -1.91. The molecule has 0 radical (unpaired) electrons. The Morgan fingerprint density at radius 1 is 1.50 bits per heavy atom. The number of hydrogen-bond acceptors (Lipinski definition) is 6. The van der Waals surface area contributed by atoms with Crippen molar-refractivity contribution in [3.8, 4) is 17.0 Å². The lowest BCUT2D eigenvalue weighted by molar-refractivity contribution is -0.385. The normalized spacial score (nSPS) is 10.3. The summed E-state index contributed by atoms with van der Waals surface area (Å²) in [5.41, 5.74) is 0.108. The van der Waals surface area contributed by atoms with E-state index in [-0.39, 0.29) is 10.6 Å². The molecule has 0 saturated heterocycles. The number of halogens is 1. The molecule has 82 valence electrons. The molecule has 0 unspecified atom stereocenters. The molecule has 0 saturated carbocycles. The molecule has 0 spiro atoms. The first-order chi connectivity index (χ1) is 7.59. The monoisotopic (exact) mass is 257 g/mol. The van der Waals surface area contributed by atoms with E-state index in [4.69, 9.17) is 11.6 Å². The molecule has 0 atom stereocenters. The van der Waals surface area contributed by atoms with E-state index < -0.39 is 16.4 Å². The molecule has 2 aromatic rings. The Balaban J connectivity index is 2.67. The van der Waals surface area contributed by atoms with Gasteiger partial charge in [0.2, 0.25) is 5.75 Å². The van der Waals surface area contributed by atoms with E-state index in [0.29, 0.717) is 5.69 Å². The predicted molar refractivity (Wildman–Crippen MR) is 58.7 cm³/mol. The number of hydrogen-bond donors (Lipinski definition) is 1. The predicted octanol–water partition coefficient (Wildman–Crippen LogP) is 2.47. The largest absolute Gasteiger partial charge is 0.502 e. The Kier molecular flexibility index (Phi) is 2.71. The third kappa shape index (κ3) is 1.82. The molecular weight excluding hydrogens is 254 g/mol. The van der Waals surface area contributed by atoms with Crippen molar-refractivity contribution in [3.63, 3.8) is 0 Å². The molecule has 0 aliphatic heterocycles. The first-order valence-corrected chi connectivity index (χ1v) is 5.25. The highest BCUT2D eigenvalue weighted by atomic mass is 35.5. The molecule has 0 aliphatic carbocycles. The molecule has 0 amide bonds. The van der Waals surface area contributed by atoms with Crippen molar-refractivity contribution in [1.29, 1.82) is 0 Å². The molecule has 1 aromatic carbocycles. The van der Waals surface area contributed by atoms with Crippen molar-refractivity contribution in [3.05, 3.63) is 32.6 Å². The van der Waals surface area contributed by atoms with Crippen molar-refractivity contribution in [2.45, 2.75) is 0 Å². The molecule has 0 aliphatic rings. The van der Waals surface area contributed by atoms with E-state index >= 15 is 0 Å². The Morgan fingerprint density at radius 3 is 2.81 bits per heavy atom. The van der Waals surface area contributed by atoms with Gasteiger partial charge in [-0.05, 0) is 17.6 Å². The van der Waals surface area contributed by atoms with Crippen LogP contribution in [0.2, 0.25) is 5.02 Å². The van der Waals surface area contributed by atoms with E-state index in [2.05, 4.69) is 9.59 Å². The molecule has 1 aromatic heterocycles. The summed E-state index contributed by atoms with van der Waals surface area (Å²) in [4.78, 5) is 9.95. The second-order valence-electron chi connectivity index (χ2n) is 2.87. The topological polar surface area (TPSA) is 89.2 Å². The van der Waals surface area contributed by atoms with Crippen molar-refractivity contribution in [2.75, 3.05) is 0 Å². The fraction of sp³-hybridized carbons (Fsp3) is 0. The van der Waals surface area contributed by atoms with Gasteiger partial charge in [-0.3, -0.25) is 10.1 Å². The lowest BCUT2D eigenvalue weighted by atomic mass is 10.1. The summed E-state index contributed by atoms with van der Waals surface area (Å²) in [7, 11) is 0. The maximum Gasteiger partial charge on any atom is 0.312 e. The van der Waals surface area contributed by atoms with Crippen LogP contribution in [0.25, 0.3) is 11.3 Å². The van der Waals surface area contributed by atoms with Crippen LogP contribution in [0.3, 0.4) is 0 Å². The standard InChI is InChI=1S/C8H4ClN3O3S/c9-4-1-5(6-3-16-11-10-6)8(13)7(2-4)12(14)15/h1-3,13H. The number of benzene rings is 1. The zero-order valence-electron chi connectivity index (χ0n) is 7.62. The summed E-state index contributed by atoms with van der Waals surface area (Å²) >= 11 is 6.80. The molecule has 1 N–H and O–H groups in total. The van der Waals surface area contributed by atoms with Gasteiger partial charge in [0.1, 0.15) is 5.69 Å². The van der Waals surface area contributed by atoms with E-state index in [1.165, 1.54) is 6.07 Å². The summed E-state index contributed by atoms with van der Waals surface area (Å²) in [5.74, 6) is -0.456. The number of rotatable bonds is 2. The van der Waals surface area contributed by atoms with Gasteiger partial charge in [0.05, 0.1) is 10.5 Å². The Labute approximate surface area is 98.4 Å². The smallest absolute Gasteiger partial charge is 0.312 e. The number of phenols is 1. The molecule has 0 fully saturated rings. The molecule has 8 heteroatoms. The lowest BCUT2D eigenvalue weighted by Gasteiger charge is -2.02. The molecule has 2 rings (SSSR count). The first-order valence-electron chi connectivity index (χ1n) is 4.04. The van der Waals surface area contributed by atoms with E-state index in [1.807, 2.05) is 0 Å². The van der Waals surface area contributed by atoms with Gasteiger partial charge < -0.3 is 5.11 Å². The van der Waals surface area contributed by atoms with Crippen molar-refractivity contribution in [2.24, 2.45) is 0 Å². The van der Waals surface area contributed by atoms with Crippen LogP contribution in [0.4, 0.5) is 5.69 Å². The summed E-state index contributed by atoms with van der Waals surface area (Å²) in [6.07, 6.45) is 0. The summed E-state index contributed by atoms with van der Waals surface area (Å²) < 4.78 is 3.61. The minimum Gasteiger partial charge on any atom is -0.502 e. The third-order valence-corrected chi connectivity index (χ3v) is 2.61. The van der Waals surface area contributed by atoms with Crippen molar-refractivity contribution < 1.29 is 10.0 Å². The minimum absolute atomic E-state index is 0.160. The maximum atomic E-state index is 10.6. The Bertz CT molecular complexity index is 544. The average Bonchev–Trinajstić information content (AvgIpc) is 2.73. The highest BCUT2D eigenvalue weighted by molar-refractivity contribution is 7.03. The van der Waals surface area contributed by atoms with Crippen molar-refractivity contribution >= 4 is 28.8 Å². The van der Waals surface area contributed by atoms with Gasteiger partial charge >= 0.3 is 5.69 Å². The van der Waals surface area contributed by atoms with E-state index in [9.17, 15) is 15.2 Å². The van der Waals surface area contributed by atoms with Gasteiger partial charge in [-0.1, -0.05) is 16.1 Å². The number of nitro groups is 1. The number of aromatic nitrogens is 2. The summed E-state index contributed by atoms with van der Waals surface area (Å²) in [6, 6.07) is 2.49. The zero-order valence-corrected chi connectivity index (χ0v) is 9.20. The van der Waals surface area contributed by atoms with Crippen LogP contribution in [-0.4, -0.2) is 19.6 Å². The van der Waals surface area contributed by atoms with Crippen LogP contribution < -0.4 is 0 Å². The molecular formula is C8H4ClN3O3S. The average molecular weight is 258 g/mol. The number of nitro benzene ring substituents is 1. The Hall–Kier alpha value is -1.73. The quantitative estimate of drug-likeness (QED) is 0.659. The number of nitrogens with zero attached hydrogens (tertiary/aromatic N) is 3. The van der Waals surface area contributed by atoms with Crippen LogP contribution in [0, 0.1) is 10.1 Å². The van der Waals surface area contributed by atoms with E-state index in [1.54, 1.807) is 5.38 Å². The number of phenolic OH excluding ortho intramolecular Hbond substituents is 1. The van der Waals surface area contributed by atoms with Gasteiger partial charge in [-0.25, -0.2) is 0 Å². The molecule has 16 heavy (non-hydrogen) atoms. The van der Waals surface area contributed by atoms with Crippen LogP contribution in [0.1, 0.15) is 0 Å². The maximum absolute atomic E-state index is 10.6. The van der Waals surface area contributed by atoms with E-state index in [0.717, 1.165) is 17.6 Å². The summed E-state index contributed by atoms with van der Waals surface area (Å²) in [5, 5.41) is 25.8. The Morgan fingerprint density at radius 2 is 2.25 bits per heavy atom. The highest BCUT2D eigenvalue weighted by Gasteiger charge is 2.20. The van der Waals surface area contributed by atoms with Gasteiger partial charge in [-0.2, -0.15) is 0 Å². The SMILES string of the molecule is O=[N+]([O-])c1cc(Cl)cc(-c2csnn2)c1O. The number of aromatic hydroxyl groups is 1. The van der Waals surface area contributed by atoms with Gasteiger partial charge in [0, 0.05) is 16.5 Å². The molecule has 6 nitrogen and oxygen atoms in total. The fourth-order valence-corrected chi connectivity index (χ4v) is 1.87. The zero-order chi connectivity index (χ0) is 11.7. The summed E-state index contributed by atoms with van der Waals surface area (Å²) in [6.45, 7) is 0. The van der Waals surface area contributed by atoms with Gasteiger partial charge in [-0.15, -0.1) is 5.10 Å². The van der Waals surface area contributed by atoms with Gasteiger partial charge in [0.25, 0.3) is 0 Å². The van der Waals surface area contributed by atoms with Gasteiger partial charge in [0.15, 0.2) is 0 Å². The van der Waals surface area contributed by atoms with Crippen molar-refractivity contribution in [1.82, 2.24) is 9.59 Å². The second kappa shape index (κ2) is 4.03.